The van der Waals surface area contributed by atoms with Crippen molar-refractivity contribution in [2.24, 2.45) is 0 Å². The molecular formula is C22H18N6O2. The third-order valence-electron chi connectivity index (χ3n) is 4.79. The normalized spacial score (nSPS) is 11.1. The lowest BCUT2D eigenvalue weighted by atomic mass is 10.2. The van der Waals surface area contributed by atoms with Gasteiger partial charge in [-0.25, -0.2) is 4.98 Å². The maximum Gasteiger partial charge on any atom is 0.278 e. The lowest BCUT2D eigenvalue weighted by molar-refractivity contribution is 0.102. The fourth-order valence-corrected chi connectivity index (χ4v) is 3.33. The van der Waals surface area contributed by atoms with Crippen LogP contribution >= 0.6 is 0 Å². The van der Waals surface area contributed by atoms with Crippen LogP contribution in [0.3, 0.4) is 0 Å². The van der Waals surface area contributed by atoms with Gasteiger partial charge in [-0.05, 0) is 36.4 Å². The summed E-state index contributed by atoms with van der Waals surface area (Å²) in [5.74, 6) is 0.738. The molecule has 148 valence electrons. The fourth-order valence-electron chi connectivity index (χ4n) is 3.33. The van der Waals surface area contributed by atoms with Crippen LogP contribution < -0.4 is 5.32 Å². The fraction of sp³-hybridized carbons (Fsp3) is 0.0909. The van der Waals surface area contributed by atoms with Gasteiger partial charge in [0.1, 0.15) is 5.69 Å². The van der Waals surface area contributed by atoms with Gasteiger partial charge in [-0.15, -0.1) is 0 Å². The number of anilines is 1. The number of nitrogens with zero attached hydrogens (tertiary/aromatic N) is 4. The molecule has 0 aliphatic heterocycles. The summed E-state index contributed by atoms with van der Waals surface area (Å²) in [5, 5.41) is 9.81. The van der Waals surface area contributed by atoms with Crippen LogP contribution in [-0.4, -0.2) is 30.6 Å². The summed E-state index contributed by atoms with van der Waals surface area (Å²) in [5.41, 5.74) is 3.62. The quantitative estimate of drug-likeness (QED) is 0.452. The number of furan rings is 1. The van der Waals surface area contributed by atoms with E-state index in [2.05, 4.69) is 25.5 Å². The zero-order chi connectivity index (χ0) is 20.3. The molecule has 8 heteroatoms. The van der Waals surface area contributed by atoms with E-state index in [1.165, 1.54) is 0 Å². The number of aromatic amines is 1. The van der Waals surface area contributed by atoms with Crippen molar-refractivity contribution in [3.05, 3.63) is 84.5 Å². The molecule has 0 saturated heterocycles. The number of H-pyrrole nitrogens is 1. The van der Waals surface area contributed by atoms with Crippen molar-refractivity contribution in [2.45, 2.75) is 13.0 Å². The number of imidazole rings is 1. The van der Waals surface area contributed by atoms with Crippen molar-refractivity contribution < 1.29 is 9.21 Å². The van der Waals surface area contributed by atoms with Crippen LogP contribution in [0.5, 0.6) is 0 Å². The first-order chi connectivity index (χ1) is 14.8. The summed E-state index contributed by atoms with van der Waals surface area (Å²) in [6, 6.07) is 18.8. The minimum absolute atomic E-state index is 0.254. The number of para-hydroxylation sites is 2. The first-order valence-corrected chi connectivity index (χ1v) is 9.54. The predicted octanol–water partition coefficient (Wildman–Crippen LogP) is 3.91. The van der Waals surface area contributed by atoms with Gasteiger partial charge in [0.2, 0.25) is 5.95 Å². The molecule has 0 aliphatic carbocycles. The topological polar surface area (TPSA) is 102 Å². The second-order valence-corrected chi connectivity index (χ2v) is 6.75. The van der Waals surface area contributed by atoms with Gasteiger partial charge in [0.05, 0.1) is 17.3 Å². The first kappa shape index (κ1) is 17.9. The standard InChI is InChI=1S/C22H18N6O2/c29-21(18-14-17(26-27-18)20-9-5-13-30-20)25-22-24-16-7-1-2-8-19(16)28(22)12-10-15-6-3-4-11-23-15/h1-9,11,13-14H,10,12H2,(H,26,27)(H,24,25,29). The monoisotopic (exact) mass is 398 g/mol. The third-order valence-corrected chi connectivity index (χ3v) is 4.79. The number of hydrogen-bond acceptors (Lipinski definition) is 5. The Bertz CT molecular complexity index is 1290. The highest BCUT2D eigenvalue weighted by Crippen LogP contribution is 2.22. The Labute approximate surface area is 171 Å². The Hall–Kier alpha value is -4.20. The molecule has 0 radical (unpaired) electrons. The highest BCUT2D eigenvalue weighted by Gasteiger charge is 2.17. The summed E-state index contributed by atoms with van der Waals surface area (Å²) < 4.78 is 7.33. The number of amides is 1. The highest BCUT2D eigenvalue weighted by molar-refractivity contribution is 6.03. The predicted molar refractivity (Wildman–Crippen MR) is 112 cm³/mol. The van der Waals surface area contributed by atoms with Gasteiger partial charge in [-0.1, -0.05) is 18.2 Å². The van der Waals surface area contributed by atoms with E-state index >= 15 is 0 Å². The Morgan fingerprint density at radius 2 is 2.00 bits per heavy atom. The number of benzene rings is 1. The van der Waals surface area contributed by atoms with Gasteiger partial charge >= 0.3 is 0 Å². The zero-order valence-electron chi connectivity index (χ0n) is 15.9. The maximum atomic E-state index is 12.8. The molecular weight excluding hydrogens is 380 g/mol. The molecule has 4 aromatic heterocycles. The van der Waals surface area contributed by atoms with E-state index < -0.39 is 0 Å². The van der Waals surface area contributed by atoms with Crippen LogP contribution in [0.25, 0.3) is 22.5 Å². The molecule has 0 spiro atoms. The maximum absolute atomic E-state index is 12.8. The van der Waals surface area contributed by atoms with Crippen LogP contribution in [0.2, 0.25) is 0 Å². The zero-order valence-corrected chi connectivity index (χ0v) is 15.9. The molecule has 0 fully saturated rings. The van der Waals surface area contributed by atoms with Crippen LogP contribution in [0.1, 0.15) is 16.2 Å². The van der Waals surface area contributed by atoms with Gasteiger partial charge < -0.3 is 8.98 Å². The number of hydrogen-bond donors (Lipinski definition) is 2. The second kappa shape index (κ2) is 7.67. The average molecular weight is 398 g/mol. The van der Waals surface area contributed by atoms with E-state index in [0.717, 1.165) is 23.1 Å². The molecule has 2 N–H and O–H groups in total. The van der Waals surface area contributed by atoms with Crippen LogP contribution in [0.4, 0.5) is 5.95 Å². The number of carbonyl (C=O) groups is 1. The van der Waals surface area contributed by atoms with Crippen molar-refractivity contribution in [1.29, 1.82) is 0 Å². The SMILES string of the molecule is O=C(Nc1nc2ccccc2n1CCc1ccccn1)c1cc(-c2ccco2)[nH]n1. The van der Waals surface area contributed by atoms with Crippen molar-refractivity contribution in [3.63, 3.8) is 0 Å². The summed E-state index contributed by atoms with van der Waals surface area (Å²) in [4.78, 5) is 21.8. The van der Waals surface area contributed by atoms with Crippen molar-refractivity contribution >= 4 is 22.9 Å². The number of fused-ring (bicyclic) bond motifs is 1. The summed E-state index contributed by atoms with van der Waals surface area (Å²) in [6.07, 6.45) is 4.06. The second-order valence-electron chi connectivity index (χ2n) is 6.75. The van der Waals surface area contributed by atoms with Crippen molar-refractivity contribution in [3.8, 4) is 11.5 Å². The number of carbonyl (C=O) groups excluding carboxylic acids is 1. The van der Waals surface area contributed by atoms with Gasteiger partial charge in [-0.3, -0.25) is 20.2 Å². The molecule has 4 heterocycles. The molecule has 0 saturated carbocycles. The molecule has 30 heavy (non-hydrogen) atoms. The highest BCUT2D eigenvalue weighted by atomic mass is 16.3. The number of aryl methyl sites for hydroxylation is 2. The van der Waals surface area contributed by atoms with Crippen molar-refractivity contribution in [1.82, 2.24) is 24.7 Å². The minimum Gasteiger partial charge on any atom is -0.463 e. The average Bonchev–Trinajstić information content (AvgIpc) is 3.52. The molecule has 5 rings (SSSR count). The smallest absolute Gasteiger partial charge is 0.278 e. The van der Waals surface area contributed by atoms with Gasteiger partial charge in [-0.2, -0.15) is 5.10 Å². The van der Waals surface area contributed by atoms with E-state index in [9.17, 15) is 4.79 Å². The largest absolute Gasteiger partial charge is 0.463 e. The van der Waals surface area contributed by atoms with E-state index in [0.29, 0.717) is 23.9 Å². The molecule has 1 amide bonds. The molecule has 0 unspecified atom stereocenters. The lowest BCUT2D eigenvalue weighted by Crippen LogP contribution is -2.17. The Kier molecular flexibility index (Phi) is 4.57. The minimum atomic E-state index is -0.349. The van der Waals surface area contributed by atoms with Crippen LogP contribution in [0, 0.1) is 0 Å². The Balaban J connectivity index is 1.41. The number of nitrogens with one attached hydrogen (secondary N) is 2. The summed E-state index contributed by atoms with van der Waals surface area (Å²) in [7, 11) is 0. The summed E-state index contributed by atoms with van der Waals surface area (Å²) >= 11 is 0. The van der Waals surface area contributed by atoms with Gasteiger partial charge in [0, 0.05) is 30.9 Å². The number of aromatic nitrogens is 5. The van der Waals surface area contributed by atoms with E-state index in [-0.39, 0.29) is 11.6 Å². The molecule has 0 bridgehead atoms. The Morgan fingerprint density at radius 1 is 1.10 bits per heavy atom. The molecule has 0 atom stereocenters. The van der Waals surface area contributed by atoms with Gasteiger partial charge in [0.25, 0.3) is 5.91 Å². The molecule has 1 aromatic carbocycles. The van der Waals surface area contributed by atoms with Crippen LogP contribution in [0.15, 0.2) is 77.5 Å². The van der Waals surface area contributed by atoms with Crippen LogP contribution in [-0.2, 0) is 13.0 Å². The lowest BCUT2D eigenvalue weighted by Gasteiger charge is -2.09. The first-order valence-electron chi connectivity index (χ1n) is 9.54. The van der Waals surface area contributed by atoms with E-state index in [1.54, 1.807) is 30.7 Å². The molecule has 8 nitrogen and oxygen atoms in total. The number of pyridine rings is 1. The Morgan fingerprint density at radius 3 is 2.83 bits per heavy atom. The summed E-state index contributed by atoms with van der Waals surface area (Å²) in [6.45, 7) is 0.630. The van der Waals surface area contributed by atoms with Crippen molar-refractivity contribution in [2.75, 3.05) is 5.32 Å². The van der Waals surface area contributed by atoms with E-state index in [1.807, 2.05) is 47.0 Å². The van der Waals surface area contributed by atoms with Gasteiger partial charge in [0.15, 0.2) is 11.5 Å². The van der Waals surface area contributed by atoms with E-state index in [4.69, 9.17) is 4.42 Å². The third kappa shape index (κ3) is 3.46. The molecule has 5 aromatic rings. The molecule has 0 aliphatic rings. The number of rotatable bonds is 6.